The SMILES string of the molecule is CN1CCC(NC(=O)COc2ccc3ccc(O)c(CO)c3c2)CC1. The van der Waals surface area contributed by atoms with Crippen LogP contribution in [0.15, 0.2) is 30.3 Å². The summed E-state index contributed by atoms with van der Waals surface area (Å²) < 4.78 is 5.59. The molecular formula is C19H24N2O4. The summed E-state index contributed by atoms with van der Waals surface area (Å²) in [5.74, 6) is 0.450. The number of nitrogens with one attached hydrogen (secondary N) is 1. The van der Waals surface area contributed by atoms with Crippen LogP contribution in [0.2, 0.25) is 0 Å². The topological polar surface area (TPSA) is 82.0 Å². The molecule has 6 heteroatoms. The summed E-state index contributed by atoms with van der Waals surface area (Å²) in [5, 5.41) is 23.9. The van der Waals surface area contributed by atoms with E-state index in [0.29, 0.717) is 11.3 Å². The van der Waals surface area contributed by atoms with Gasteiger partial charge in [0, 0.05) is 11.6 Å². The Labute approximate surface area is 147 Å². The maximum atomic E-state index is 12.1. The summed E-state index contributed by atoms with van der Waals surface area (Å²) in [5.41, 5.74) is 0.457. The Bertz CT molecular complexity index is 754. The molecule has 1 heterocycles. The number of carbonyl (C=O) groups excluding carboxylic acids is 1. The van der Waals surface area contributed by atoms with Crippen molar-refractivity contribution in [3.05, 3.63) is 35.9 Å². The van der Waals surface area contributed by atoms with Crippen LogP contribution >= 0.6 is 0 Å². The lowest BCUT2D eigenvalue weighted by Gasteiger charge is -2.29. The highest BCUT2D eigenvalue weighted by Gasteiger charge is 2.18. The van der Waals surface area contributed by atoms with E-state index < -0.39 is 0 Å². The van der Waals surface area contributed by atoms with Gasteiger partial charge in [-0.3, -0.25) is 4.79 Å². The van der Waals surface area contributed by atoms with E-state index in [1.165, 1.54) is 0 Å². The van der Waals surface area contributed by atoms with Crippen LogP contribution in [0.4, 0.5) is 0 Å². The Morgan fingerprint density at radius 2 is 2.00 bits per heavy atom. The predicted octanol–water partition coefficient (Wildman–Crippen LogP) is 1.63. The third-order valence-corrected chi connectivity index (χ3v) is 4.69. The predicted molar refractivity (Wildman–Crippen MR) is 95.7 cm³/mol. The third kappa shape index (κ3) is 4.21. The van der Waals surface area contributed by atoms with Gasteiger partial charge in [-0.1, -0.05) is 12.1 Å². The summed E-state index contributed by atoms with van der Waals surface area (Å²) >= 11 is 0. The number of nitrogens with zero attached hydrogens (tertiary/aromatic N) is 1. The molecule has 1 fully saturated rings. The molecule has 0 saturated carbocycles. The number of carbonyl (C=O) groups is 1. The van der Waals surface area contributed by atoms with Crippen LogP contribution in [0.5, 0.6) is 11.5 Å². The average Bonchev–Trinajstić information content (AvgIpc) is 2.61. The van der Waals surface area contributed by atoms with Crippen LogP contribution in [0.25, 0.3) is 10.8 Å². The van der Waals surface area contributed by atoms with Crippen LogP contribution in [0.1, 0.15) is 18.4 Å². The zero-order valence-corrected chi connectivity index (χ0v) is 14.4. The molecular weight excluding hydrogens is 320 g/mol. The minimum absolute atomic E-state index is 0.0483. The van der Waals surface area contributed by atoms with Gasteiger partial charge >= 0.3 is 0 Å². The Morgan fingerprint density at radius 1 is 1.28 bits per heavy atom. The lowest BCUT2D eigenvalue weighted by molar-refractivity contribution is -0.124. The van der Waals surface area contributed by atoms with Crippen molar-refractivity contribution in [1.29, 1.82) is 0 Å². The minimum atomic E-state index is -0.261. The number of likely N-dealkylation sites (tertiary alicyclic amines) is 1. The lowest BCUT2D eigenvalue weighted by atomic mass is 10.0. The molecule has 1 amide bonds. The molecule has 6 nitrogen and oxygen atoms in total. The Morgan fingerprint density at radius 3 is 2.72 bits per heavy atom. The van der Waals surface area contributed by atoms with Gasteiger partial charge in [-0.25, -0.2) is 0 Å². The molecule has 0 spiro atoms. The second-order valence-electron chi connectivity index (χ2n) is 6.54. The van der Waals surface area contributed by atoms with Crippen molar-refractivity contribution in [2.45, 2.75) is 25.5 Å². The number of aliphatic hydroxyl groups excluding tert-OH is 1. The summed E-state index contributed by atoms with van der Waals surface area (Å²) in [7, 11) is 2.08. The third-order valence-electron chi connectivity index (χ3n) is 4.69. The second-order valence-corrected chi connectivity index (χ2v) is 6.54. The monoisotopic (exact) mass is 344 g/mol. The number of rotatable bonds is 5. The standard InChI is InChI=1S/C19H24N2O4/c1-21-8-6-14(7-9-21)20-19(24)12-25-15-4-2-13-3-5-18(23)17(11-22)16(13)10-15/h2-5,10,14,22-23H,6-9,11-12H2,1H3,(H,20,24). The van der Waals surface area contributed by atoms with E-state index in [2.05, 4.69) is 17.3 Å². The van der Waals surface area contributed by atoms with Gasteiger partial charge in [-0.2, -0.15) is 0 Å². The molecule has 0 radical (unpaired) electrons. The summed E-state index contributed by atoms with van der Waals surface area (Å²) in [6.45, 7) is 1.67. The first-order valence-electron chi connectivity index (χ1n) is 8.53. The normalized spacial score (nSPS) is 16.1. The first-order chi connectivity index (χ1) is 12.1. The summed E-state index contributed by atoms with van der Waals surface area (Å²) in [4.78, 5) is 14.3. The molecule has 1 aliphatic rings. The molecule has 0 aliphatic carbocycles. The number of fused-ring (bicyclic) bond motifs is 1. The van der Waals surface area contributed by atoms with E-state index in [9.17, 15) is 15.0 Å². The fourth-order valence-corrected chi connectivity index (χ4v) is 3.18. The number of piperidine rings is 1. The van der Waals surface area contributed by atoms with E-state index in [0.717, 1.165) is 36.7 Å². The Balaban J connectivity index is 1.62. The van der Waals surface area contributed by atoms with E-state index in [4.69, 9.17) is 4.74 Å². The lowest BCUT2D eigenvalue weighted by Crippen LogP contribution is -2.44. The van der Waals surface area contributed by atoms with Crippen LogP contribution in [-0.2, 0) is 11.4 Å². The Kier molecular flexibility index (Phi) is 5.40. The molecule has 0 unspecified atom stereocenters. The zero-order valence-electron chi connectivity index (χ0n) is 14.4. The smallest absolute Gasteiger partial charge is 0.258 e. The van der Waals surface area contributed by atoms with Gasteiger partial charge in [0.15, 0.2) is 6.61 Å². The summed E-state index contributed by atoms with van der Waals surface area (Å²) in [6.07, 6.45) is 1.91. The molecule has 0 aromatic heterocycles. The molecule has 3 rings (SSSR count). The van der Waals surface area contributed by atoms with Gasteiger partial charge in [-0.05, 0) is 62.0 Å². The molecule has 0 bridgehead atoms. The average molecular weight is 344 g/mol. The number of aliphatic hydroxyl groups is 1. The van der Waals surface area contributed by atoms with Gasteiger partial charge in [0.2, 0.25) is 0 Å². The van der Waals surface area contributed by atoms with Crippen molar-refractivity contribution in [2.75, 3.05) is 26.7 Å². The molecule has 1 aliphatic heterocycles. The van der Waals surface area contributed by atoms with Crippen LogP contribution in [0, 0.1) is 0 Å². The van der Waals surface area contributed by atoms with Crippen molar-refractivity contribution >= 4 is 16.7 Å². The highest BCUT2D eigenvalue weighted by atomic mass is 16.5. The quantitative estimate of drug-likeness (QED) is 0.768. The van der Waals surface area contributed by atoms with E-state index in [1.807, 2.05) is 6.07 Å². The van der Waals surface area contributed by atoms with Gasteiger partial charge < -0.3 is 25.2 Å². The van der Waals surface area contributed by atoms with Gasteiger partial charge in [-0.15, -0.1) is 0 Å². The first-order valence-corrected chi connectivity index (χ1v) is 8.53. The fourth-order valence-electron chi connectivity index (χ4n) is 3.18. The number of amides is 1. The number of phenols is 1. The molecule has 1 saturated heterocycles. The number of hydrogen-bond acceptors (Lipinski definition) is 5. The molecule has 134 valence electrons. The number of hydrogen-bond donors (Lipinski definition) is 3. The fraction of sp³-hybridized carbons (Fsp3) is 0.421. The van der Waals surface area contributed by atoms with E-state index in [1.54, 1.807) is 24.3 Å². The number of aromatic hydroxyl groups is 1. The molecule has 0 atom stereocenters. The number of benzene rings is 2. The van der Waals surface area contributed by atoms with Crippen molar-refractivity contribution < 1.29 is 19.7 Å². The maximum absolute atomic E-state index is 12.1. The van der Waals surface area contributed by atoms with Gasteiger partial charge in [0.05, 0.1) is 6.61 Å². The van der Waals surface area contributed by atoms with Crippen molar-refractivity contribution in [3.63, 3.8) is 0 Å². The second kappa shape index (κ2) is 7.72. The van der Waals surface area contributed by atoms with E-state index in [-0.39, 0.29) is 30.9 Å². The maximum Gasteiger partial charge on any atom is 0.258 e. The molecule has 3 N–H and O–H groups in total. The highest BCUT2D eigenvalue weighted by molar-refractivity contribution is 5.89. The largest absolute Gasteiger partial charge is 0.508 e. The van der Waals surface area contributed by atoms with Crippen molar-refractivity contribution in [2.24, 2.45) is 0 Å². The van der Waals surface area contributed by atoms with Crippen LogP contribution in [0.3, 0.4) is 0 Å². The first kappa shape index (κ1) is 17.5. The minimum Gasteiger partial charge on any atom is -0.508 e. The summed E-state index contributed by atoms with van der Waals surface area (Å²) in [6, 6.07) is 8.91. The van der Waals surface area contributed by atoms with Crippen LogP contribution in [-0.4, -0.2) is 53.8 Å². The van der Waals surface area contributed by atoms with Crippen LogP contribution < -0.4 is 10.1 Å². The van der Waals surface area contributed by atoms with Gasteiger partial charge in [0.25, 0.3) is 5.91 Å². The molecule has 2 aromatic rings. The zero-order chi connectivity index (χ0) is 17.8. The molecule has 25 heavy (non-hydrogen) atoms. The van der Waals surface area contributed by atoms with Crippen molar-refractivity contribution in [1.82, 2.24) is 10.2 Å². The van der Waals surface area contributed by atoms with Gasteiger partial charge in [0.1, 0.15) is 11.5 Å². The molecule has 2 aromatic carbocycles. The van der Waals surface area contributed by atoms with E-state index >= 15 is 0 Å². The number of ether oxygens (including phenoxy) is 1. The van der Waals surface area contributed by atoms with Crippen molar-refractivity contribution in [3.8, 4) is 11.5 Å². The highest BCUT2D eigenvalue weighted by Crippen LogP contribution is 2.30. The Hall–Kier alpha value is -2.31.